The minimum absolute atomic E-state index is 0.0420. The van der Waals surface area contributed by atoms with E-state index in [0.29, 0.717) is 45.9 Å². The van der Waals surface area contributed by atoms with E-state index in [0.717, 1.165) is 6.42 Å². The average molecular weight is 303 g/mol. The van der Waals surface area contributed by atoms with Crippen LogP contribution in [0.2, 0.25) is 0 Å². The minimum Gasteiger partial charge on any atom is -0.409 e. The maximum Gasteiger partial charge on any atom is 0.233 e. The van der Waals surface area contributed by atoms with Crippen molar-refractivity contribution in [2.24, 2.45) is 16.8 Å². The zero-order valence-corrected chi connectivity index (χ0v) is 13.4. The molecule has 0 bridgehead atoms. The second kappa shape index (κ2) is 12.4. The Morgan fingerprint density at radius 3 is 2.10 bits per heavy atom. The van der Waals surface area contributed by atoms with Gasteiger partial charge in [-0.2, -0.15) is 0 Å². The lowest BCUT2D eigenvalue weighted by molar-refractivity contribution is -0.135. The molecule has 0 spiro atoms. The van der Waals surface area contributed by atoms with Crippen molar-refractivity contribution in [3.05, 3.63) is 0 Å². The van der Waals surface area contributed by atoms with E-state index in [1.54, 1.807) is 4.90 Å². The molecule has 0 aromatic carbocycles. The highest BCUT2D eigenvalue weighted by Crippen LogP contribution is 2.11. The van der Waals surface area contributed by atoms with Gasteiger partial charge in [-0.05, 0) is 20.3 Å². The molecule has 1 atom stereocenters. The average Bonchev–Trinajstić information content (AvgIpc) is 2.50. The highest BCUT2D eigenvalue weighted by Gasteiger charge is 2.27. The van der Waals surface area contributed by atoms with Gasteiger partial charge in [0.25, 0.3) is 0 Å². The Kier molecular flexibility index (Phi) is 11.6. The molecule has 0 aromatic rings. The number of nitrogens with two attached hydrogens (primary N) is 1. The van der Waals surface area contributed by atoms with Crippen LogP contribution in [0.5, 0.6) is 0 Å². The number of nitrogens with zero attached hydrogens (tertiary/aromatic N) is 2. The number of amides is 1. The summed E-state index contributed by atoms with van der Waals surface area (Å²) in [6.45, 7) is 8.84. The quantitative estimate of drug-likeness (QED) is 0.185. The summed E-state index contributed by atoms with van der Waals surface area (Å²) in [7, 11) is 0. The van der Waals surface area contributed by atoms with Crippen LogP contribution in [0.3, 0.4) is 0 Å². The van der Waals surface area contributed by atoms with Gasteiger partial charge in [-0.3, -0.25) is 4.79 Å². The van der Waals surface area contributed by atoms with Crippen molar-refractivity contribution in [1.82, 2.24) is 4.90 Å². The lowest BCUT2D eigenvalue weighted by atomic mass is 10.0. The van der Waals surface area contributed by atoms with Crippen LogP contribution in [0.25, 0.3) is 0 Å². The van der Waals surface area contributed by atoms with Crippen LogP contribution in [0.1, 0.15) is 33.6 Å². The van der Waals surface area contributed by atoms with Gasteiger partial charge >= 0.3 is 0 Å². The third-order valence-corrected chi connectivity index (χ3v) is 3.08. The largest absolute Gasteiger partial charge is 0.409 e. The Morgan fingerprint density at radius 2 is 1.71 bits per heavy atom. The number of carbonyl (C=O) groups excluding carboxylic acids is 1. The molecule has 7 heteroatoms. The highest BCUT2D eigenvalue weighted by molar-refractivity contribution is 6.02. The number of hydrogen-bond donors (Lipinski definition) is 2. The molecule has 7 nitrogen and oxygen atoms in total. The van der Waals surface area contributed by atoms with Crippen LogP contribution in [-0.2, 0) is 14.3 Å². The third-order valence-electron chi connectivity index (χ3n) is 3.08. The van der Waals surface area contributed by atoms with Gasteiger partial charge in [-0.15, -0.1) is 0 Å². The molecule has 124 valence electrons. The maximum absolute atomic E-state index is 12.6. The highest BCUT2D eigenvalue weighted by atomic mass is 16.5. The summed E-state index contributed by atoms with van der Waals surface area (Å²) in [5.41, 5.74) is 5.64. The van der Waals surface area contributed by atoms with E-state index in [2.05, 4.69) is 5.16 Å². The molecule has 0 fully saturated rings. The van der Waals surface area contributed by atoms with E-state index < -0.39 is 5.92 Å². The summed E-state index contributed by atoms with van der Waals surface area (Å²) in [6, 6.07) is 0. The number of carbonyl (C=O) groups is 1. The monoisotopic (exact) mass is 303 g/mol. The first-order valence-electron chi connectivity index (χ1n) is 7.53. The second-order valence-electron chi connectivity index (χ2n) is 4.59. The van der Waals surface area contributed by atoms with Crippen molar-refractivity contribution in [1.29, 1.82) is 0 Å². The van der Waals surface area contributed by atoms with Crippen molar-refractivity contribution >= 4 is 11.7 Å². The maximum atomic E-state index is 12.6. The van der Waals surface area contributed by atoms with Crippen LogP contribution in [0.4, 0.5) is 0 Å². The Hall–Kier alpha value is -1.34. The van der Waals surface area contributed by atoms with Gasteiger partial charge in [0.2, 0.25) is 5.91 Å². The molecule has 0 saturated carbocycles. The van der Waals surface area contributed by atoms with Crippen LogP contribution in [-0.4, -0.2) is 61.4 Å². The summed E-state index contributed by atoms with van der Waals surface area (Å²) in [5.74, 6) is -0.783. The molecule has 21 heavy (non-hydrogen) atoms. The lowest BCUT2D eigenvalue weighted by Gasteiger charge is -2.26. The van der Waals surface area contributed by atoms with Crippen molar-refractivity contribution < 1.29 is 19.5 Å². The summed E-state index contributed by atoms with van der Waals surface area (Å²) in [5, 5.41) is 11.8. The summed E-state index contributed by atoms with van der Waals surface area (Å²) in [4.78, 5) is 14.2. The van der Waals surface area contributed by atoms with E-state index in [1.165, 1.54) is 0 Å². The first-order valence-corrected chi connectivity index (χ1v) is 7.53. The first kappa shape index (κ1) is 19.7. The predicted molar refractivity (Wildman–Crippen MR) is 81.4 cm³/mol. The van der Waals surface area contributed by atoms with E-state index in [4.69, 9.17) is 20.4 Å². The fraction of sp³-hybridized carbons (Fsp3) is 0.857. The van der Waals surface area contributed by atoms with Gasteiger partial charge in [-0.1, -0.05) is 18.5 Å². The van der Waals surface area contributed by atoms with Crippen LogP contribution in [0.15, 0.2) is 5.16 Å². The molecule has 0 aliphatic heterocycles. The van der Waals surface area contributed by atoms with Crippen molar-refractivity contribution in [3.63, 3.8) is 0 Å². The first-order chi connectivity index (χ1) is 10.1. The van der Waals surface area contributed by atoms with Crippen LogP contribution >= 0.6 is 0 Å². The van der Waals surface area contributed by atoms with E-state index in [-0.39, 0.29) is 11.7 Å². The number of ether oxygens (including phenoxy) is 2. The zero-order chi connectivity index (χ0) is 16.1. The normalized spacial score (nSPS) is 13.2. The zero-order valence-electron chi connectivity index (χ0n) is 13.4. The molecule has 0 aliphatic carbocycles. The Balaban J connectivity index is 4.76. The summed E-state index contributed by atoms with van der Waals surface area (Å²) in [6.07, 6.45) is 1.33. The van der Waals surface area contributed by atoms with Gasteiger partial charge < -0.3 is 25.3 Å². The number of rotatable bonds is 12. The van der Waals surface area contributed by atoms with Gasteiger partial charge in [0.15, 0.2) is 5.84 Å². The lowest BCUT2D eigenvalue weighted by Crippen LogP contribution is -2.44. The minimum atomic E-state index is -0.594. The van der Waals surface area contributed by atoms with Gasteiger partial charge in [-0.25, -0.2) is 0 Å². The van der Waals surface area contributed by atoms with Gasteiger partial charge in [0.1, 0.15) is 0 Å². The molecular weight excluding hydrogens is 274 g/mol. The topological polar surface area (TPSA) is 97.4 Å². The SMILES string of the molecule is CCCC(C(=O)N(CCOCC)CCOCC)C(N)=NO. The smallest absolute Gasteiger partial charge is 0.233 e. The standard InChI is InChI=1S/C14H29N3O4/c1-4-7-12(13(15)16-19)14(18)17(8-10-20-5-2)9-11-21-6-3/h12,19H,4-11H2,1-3H3,(H2,15,16). The molecule has 1 amide bonds. The molecule has 0 radical (unpaired) electrons. The van der Waals surface area contributed by atoms with Crippen molar-refractivity contribution in [2.75, 3.05) is 39.5 Å². The second-order valence-corrected chi connectivity index (χ2v) is 4.59. The number of hydrogen-bond acceptors (Lipinski definition) is 5. The molecule has 3 N–H and O–H groups in total. The van der Waals surface area contributed by atoms with Gasteiger partial charge in [0.05, 0.1) is 19.1 Å². The molecular formula is C14H29N3O4. The van der Waals surface area contributed by atoms with Crippen LogP contribution < -0.4 is 5.73 Å². The molecule has 0 saturated heterocycles. The molecule has 0 aliphatic rings. The van der Waals surface area contributed by atoms with E-state index in [1.807, 2.05) is 20.8 Å². The number of amidine groups is 1. The molecule has 0 heterocycles. The van der Waals surface area contributed by atoms with Crippen molar-refractivity contribution in [2.45, 2.75) is 33.6 Å². The van der Waals surface area contributed by atoms with E-state index >= 15 is 0 Å². The van der Waals surface area contributed by atoms with Gasteiger partial charge in [0, 0.05) is 26.3 Å². The Bertz CT molecular complexity index is 301. The predicted octanol–water partition coefficient (Wildman–Crippen LogP) is 1.05. The molecule has 1 unspecified atom stereocenters. The number of oxime groups is 1. The third kappa shape index (κ3) is 7.87. The Morgan fingerprint density at radius 1 is 1.19 bits per heavy atom. The van der Waals surface area contributed by atoms with Crippen molar-refractivity contribution in [3.8, 4) is 0 Å². The van der Waals surface area contributed by atoms with E-state index in [9.17, 15) is 4.79 Å². The fourth-order valence-corrected chi connectivity index (χ4v) is 1.95. The Labute approximate surface area is 127 Å². The summed E-state index contributed by atoms with van der Waals surface area (Å²) >= 11 is 0. The molecule has 0 aromatic heterocycles. The summed E-state index contributed by atoms with van der Waals surface area (Å²) < 4.78 is 10.6. The molecule has 0 rings (SSSR count). The fourth-order valence-electron chi connectivity index (χ4n) is 1.95. The van der Waals surface area contributed by atoms with Crippen LogP contribution in [0, 0.1) is 5.92 Å².